The van der Waals surface area contributed by atoms with Gasteiger partial charge in [-0.25, -0.2) is 0 Å². The Bertz CT molecular complexity index is 494. The summed E-state index contributed by atoms with van der Waals surface area (Å²) in [7, 11) is 0. The number of carboxylic acids is 1. The van der Waals surface area contributed by atoms with Gasteiger partial charge < -0.3 is 14.6 Å². The number of hydrogen-bond acceptors (Lipinski definition) is 2. The molecular weight excluding hydrogens is 268 g/mol. The molecule has 0 saturated heterocycles. The molecule has 0 aliphatic carbocycles. The van der Waals surface area contributed by atoms with Crippen LogP contribution in [0.1, 0.15) is 30.4 Å². The summed E-state index contributed by atoms with van der Waals surface area (Å²) < 4.78 is 1.72. The molecule has 0 bridgehead atoms. The first-order valence-electron chi connectivity index (χ1n) is 5.86. The normalized spacial score (nSPS) is 10.5. The van der Waals surface area contributed by atoms with E-state index in [-0.39, 0.29) is 25.0 Å². The first kappa shape index (κ1) is 15.3. The summed E-state index contributed by atoms with van der Waals surface area (Å²) in [4.78, 5) is 24.3. The quantitative estimate of drug-likeness (QED) is 0.816. The van der Waals surface area contributed by atoms with Crippen LogP contribution < -0.4 is 0 Å². The minimum atomic E-state index is -1.07. The molecule has 0 aliphatic heterocycles. The van der Waals surface area contributed by atoms with Crippen molar-refractivity contribution >= 4 is 23.5 Å². The number of hydrogen-bond donors (Lipinski definition) is 1. The lowest BCUT2D eigenvalue weighted by atomic mass is 10.3. The predicted molar refractivity (Wildman–Crippen MR) is 73.6 cm³/mol. The minimum Gasteiger partial charge on any atom is -0.480 e. The third kappa shape index (κ3) is 3.86. The second kappa shape index (κ2) is 6.43. The third-order valence-corrected chi connectivity index (χ3v) is 2.76. The molecule has 0 aliphatic rings. The summed E-state index contributed by atoms with van der Waals surface area (Å²) in [5.41, 5.74) is 0.378. The molecule has 19 heavy (non-hydrogen) atoms. The van der Waals surface area contributed by atoms with Crippen molar-refractivity contribution in [2.45, 2.75) is 19.9 Å². The van der Waals surface area contributed by atoms with Gasteiger partial charge in [0.05, 0.1) is 5.02 Å². The van der Waals surface area contributed by atoms with E-state index in [9.17, 15) is 9.59 Å². The van der Waals surface area contributed by atoms with Crippen molar-refractivity contribution < 1.29 is 14.7 Å². The first-order chi connectivity index (χ1) is 8.86. The molecule has 0 radical (unpaired) electrons. The number of carboxylic acid groups (broad SMARTS) is 1. The van der Waals surface area contributed by atoms with Crippen LogP contribution in [-0.4, -0.2) is 39.5 Å². The van der Waals surface area contributed by atoms with Gasteiger partial charge in [0.2, 0.25) is 0 Å². The fourth-order valence-corrected chi connectivity index (χ4v) is 1.95. The molecule has 1 amide bonds. The Balaban J connectivity index is 3.08. The average molecular weight is 285 g/mol. The monoisotopic (exact) mass is 284 g/mol. The van der Waals surface area contributed by atoms with Gasteiger partial charge in [-0.1, -0.05) is 17.7 Å². The van der Waals surface area contributed by atoms with Crippen LogP contribution >= 0.6 is 11.6 Å². The number of rotatable bonds is 6. The van der Waals surface area contributed by atoms with Gasteiger partial charge in [0.25, 0.3) is 5.91 Å². The van der Waals surface area contributed by atoms with E-state index in [1.807, 2.05) is 13.8 Å². The highest BCUT2D eigenvalue weighted by atomic mass is 35.5. The molecule has 0 saturated carbocycles. The Morgan fingerprint density at radius 3 is 2.68 bits per heavy atom. The van der Waals surface area contributed by atoms with E-state index < -0.39 is 5.97 Å². The van der Waals surface area contributed by atoms with E-state index in [4.69, 9.17) is 16.7 Å². The standard InChI is InChI=1S/C13H17ClN2O3/c1-4-5-15(8-12(17)18)13(19)11-6-10(14)7-16(11)9(2)3/h4,6-7,9H,1,5,8H2,2-3H3,(H,17,18). The molecule has 6 heteroatoms. The summed E-state index contributed by atoms with van der Waals surface area (Å²) in [6.07, 6.45) is 3.15. The van der Waals surface area contributed by atoms with Crippen LogP contribution in [-0.2, 0) is 4.79 Å². The van der Waals surface area contributed by atoms with Crippen molar-refractivity contribution in [1.82, 2.24) is 9.47 Å². The summed E-state index contributed by atoms with van der Waals surface area (Å²) >= 11 is 5.91. The van der Waals surface area contributed by atoms with Crippen LogP contribution in [0.2, 0.25) is 5.02 Å². The second-order valence-corrected chi connectivity index (χ2v) is 4.85. The Hall–Kier alpha value is -1.75. The number of amides is 1. The van der Waals surface area contributed by atoms with E-state index in [2.05, 4.69) is 6.58 Å². The van der Waals surface area contributed by atoms with Crippen LogP contribution in [0.15, 0.2) is 24.9 Å². The van der Waals surface area contributed by atoms with E-state index in [0.717, 1.165) is 0 Å². The zero-order chi connectivity index (χ0) is 14.6. The number of carbonyl (C=O) groups excluding carboxylic acids is 1. The van der Waals surface area contributed by atoms with E-state index in [1.54, 1.807) is 16.8 Å². The Morgan fingerprint density at radius 1 is 1.58 bits per heavy atom. The maximum Gasteiger partial charge on any atom is 0.323 e. The molecule has 0 spiro atoms. The highest BCUT2D eigenvalue weighted by Gasteiger charge is 2.22. The predicted octanol–water partition coefficient (Wildman–Crippen LogP) is 2.44. The number of aromatic nitrogens is 1. The average Bonchev–Trinajstić information content (AvgIpc) is 2.69. The summed E-state index contributed by atoms with van der Waals surface area (Å²) in [5.74, 6) is -1.44. The van der Waals surface area contributed by atoms with E-state index in [1.165, 1.54) is 11.0 Å². The Kier molecular flexibility index (Phi) is 5.18. The lowest BCUT2D eigenvalue weighted by molar-refractivity contribution is -0.137. The Labute approximate surface area is 117 Å². The van der Waals surface area contributed by atoms with Crippen molar-refractivity contribution in [2.75, 3.05) is 13.1 Å². The van der Waals surface area contributed by atoms with Gasteiger partial charge in [0.15, 0.2) is 0 Å². The van der Waals surface area contributed by atoms with E-state index >= 15 is 0 Å². The molecule has 0 atom stereocenters. The highest BCUT2D eigenvalue weighted by Crippen LogP contribution is 2.20. The lowest BCUT2D eigenvalue weighted by Crippen LogP contribution is -2.37. The molecule has 1 aromatic heterocycles. The van der Waals surface area contributed by atoms with Gasteiger partial charge >= 0.3 is 5.97 Å². The molecule has 1 rings (SSSR count). The summed E-state index contributed by atoms with van der Waals surface area (Å²) in [5, 5.41) is 9.28. The van der Waals surface area contributed by atoms with Crippen LogP contribution in [0.4, 0.5) is 0 Å². The number of carbonyl (C=O) groups is 2. The first-order valence-corrected chi connectivity index (χ1v) is 6.24. The molecule has 0 fully saturated rings. The highest BCUT2D eigenvalue weighted by molar-refractivity contribution is 6.31. The zero-order valence-electron chi connectivity index (χ0n) is 11.0. The number of aliphatic carboxylic acids is 1. The summed E-state index contributed by atoms with van der Waals surface area (Å²) in [6, 6.07) is 1.60. The third-order valence-electron chi connectivity index (χ3n) is 2.55. The van der Waals surface area contributed by atoms with Crippen LogP contribution in [0.3, 0.4) is 0 Å². The molecule has 5 nitrogen and oxygen atoms in total. The van der Waals surface area contributed by atoms with Crippen LogP contribution in [0, 0.1) is 0 Å². The SMILES string of the molecule is C=CCN(CC(=O)O)C(=O)c1cc(Cl)cn1C(C)C. The van der Waals surface area contributed by atoms with Gasteiger partial charge in [0, 0.05) is 18.8 Å². The number of nitrogens with zero attached hydrogens (tertiary/aromatic N) is 2. The molecule has 1 aromatic rings. The molecule has 0 unspecified atom stereocenters. The Morgan fingerprint density at radius 2 is 2.21 bits per heavy atom. The van der Waals surface area contributed by atoms with Gasteiger partial charge in [-0.15, -0.1) is 6.58 Å². The van der Waals surface area contributed by atoms with Crippen molar-refractivity contribution in [2.24, 2.45) is 0 Å². The van der Waals surface area contributed by atoms with E-state index in [0.29, 0.717) is 10.7 Å². The van der Waals surface area contributed by atoms with Crippen molar-refractivity contribution in [3.8, 4) is 0 Å². The van der Waals surface area contributed by atoms with Gasteiger partial charge in [-0.2, -0.15) is 0 Å². The van der Waals surface area contributed by atoms with Crippen molar-refractivity contribution in [3.05, 3.63) is 35.6 Å². The molecule has 104 valence electrons. The number of halogens is 1. The zero-order valence-corrected chi connectivity index (χ0v) is 11.7. The smallest absolute Gasteiger partial charge is 0.323 e. The molecule has 1 heterocycles. The largest absolute Gasteiger partial charge is 0.480 e. The molecule has 1 N–H and O–H groups in total. The molecule has 0 aromatic carbocycles. The van der Waals surface area contributed by atoms with Gasteiger partial charge in [-0.05, 0) is 19.9 Å². The van der Waals surface area contributed by atoms with Crippen LogP contribution in [0.5, 0.6) is 0 Å². The fourth-order valence-electron chi connectivity index (χ4n) is 1.74. The maximum atomic E-state index is 12.3. The second-order valence-electron chi connectivity index (χ2n) is 4.41. The fraction of sp³-hybridized carbons (Fsp3) is 0.385. The van der Waals surface area contributed by atoms with Crippen molar-refractivity contribution in [3.63, 3.8) is 0 Å². The summed E-state index contributed by atoms with van der Waals surface area (Å²) in [6.45, 7) is 7.17. The van der Waals surface area contributed by atoms with Crippen LogP contribution in [0.25, 0.3) is 0 Å². The topological polar surface area (TPSA) is 62.5 Å². The van der Waals surface area contributed by atoms with Gasteiger partial charge in [0.1, 0.15) is 12.2 Å². The molecular formula is C13H17ClN2O3. The maximum absolute atomic E-state index is 12.3. The lowest BCUT2D eigenvalue weighted by Gasteiger charge is -2.21. The van der Waals surface area contributed by atoms with Gasteiger partial charge in [-0.3, -0.25) is 9.59 Å². The van der Waals surface area contributed by atoms with Crippen molar-refractivity contribution in [1.29, 1.82) is 0 Å². The minimum absolute atomic E-state index is 0.0573.